The summed E-state index contributed by atoms with van der Waals surface area (Å²) in [5.74, 6) is 2.47. The van der Waals surface area contributed by atoms with E-state index in [0.717, 1.165) is 41.3 Å². The van der Waals surface area contributed by atoms with E-state index in [1.165, 1.54) is 16.0 Å². The Morgan fingerprint density at radius 3 is 2.28 bits per heavy atom. The number of halogens is 1. The van der Waals surface area contributed by atoms with Crippen LogP contribution in [0.25, 0.3) is 11.0 Å². The molecule has 36 heavy (non-hydrogen) atoms. The molecule has 5 rings (SSSR count). The Hall–Kier alpha value is -3.41. The van der Waals surface area contributed by atoms with Crippen LogP contribution in [0, 0.1) is 0 Å². The number of fused-ring (bicyclic) bond motifs is 1. The van der Waals surface area contributed by atoms with Crippen LogP contribution in [0.4, 0.5) is 0 Å². The summed E-state index contributed by atoms with van der Waals surface area (Å²) in [6, 6.07) is 33.1. The fourth-order valence-corrected chi connectivity index (χ4v) is 5.70. The zero-order valence-corrected chi connectivity index (χ0v) is 21.8. The lowest BCUT2D eigenvalue weighted by molar-refractivity contribution is 0.354. The number of ether oxygens (including phenoxy) is 2. The Morgan fingerprint density at radius 2 is 1.56 bits per heavy atom. The third kappa shape index (κ3) is 5.23. The van der Waals surface area contributed by atoms with Gasteiger partial charge in [-0.3, -0.25) is 0 Å². The second-order valence-corrected chi connectivity index (χ2v) is 10.0. The average molecular weight is 515 g/mol. The first-order valence-corrected chi connectivity index (χ1v) is 13.1. The first-order chi connectivity index (χ1) is 17.7. The Bertz CT molecular complexity index is 1450. The summed E-state index contributed by atoms with van der Waals surface area (Å²) in [6.07, 6.45) is 0.818. The number of imidazole rings is 1. The second-order valence-electron chi connectivity index (χ2n) is 8.42. The molecule has 5 aromatic rings. The van der Waals surface area contributed by atoms with Crippen molar-refractivity contribution in [2.75, 3.05) is 14.2 Å². The normalized spacial score (nSPS) is 12.0. The highest BCUT2D eigenvalue weighted by atomic mass is 35.5. The molecule has 0 fully saturated rings. The van der Waals surface area contributed by atoms with Gasteiger partial charge in [0.25, 0.3) is 0 Å². The lowest BCUT2D eigenvalue weighted by atomic mass is 10.1. The van der Waals surface area contributed by atoms with Crippen LogP contribution in [0.2, 0.25) is 5.02 Å². The number of benzene rings is 4. The van der Waals surface area contributed by atoms with Crippen LogP contribution in [0.5, 0.6) is 11.5 Å². The van der Waals surface area contributed by atoms with Crippen molar-refractivity contribution in [2.45, 2.75) is 23.1 Å². The largest absolute Gasteiger partial charge is 0.493 e. The lowest BCUT2D eigenvalue weighted by Gasteiger charge is -2.19. The van der Waals surface area contributed by atoms with Crippen molar-refractivity contribution in [1.82, 2.24) is 9.55 Å². The number of aryl methyl sites for hydroxylation is 2. The van der Waals surface area contributed by atoms with Gasteiger partial charge in [-0.1, -0.05) is 66.2 Å². The van der Waals surface area contributed by atoms with Crippen LogP contribution in [0.15, 0.2) is 102 Å². The van der Waals surface area contributed by atoms with E-state index in [4.69, 9.17) is 26.1 Å². The molecule has 1 unspecified atom stereocenters. The number of thioether (sulfide) groups is 1. The van der Waals surface area contributed by atoms with Gasteiger partial charge in [-0.25, -0.2) is 4.98 Å². The van der Waals surface area contributed by atoms with Crippen LogP contribution in [0.3, 0.4) is 0 Å². The SMILES string of the molecule is COc1ccc(CCn2c(C(Sc3ccccc3)c3ccccc3)nc3cc(Cl)ccc32)cc1OC. The summed E-state index contributed by atoms with van der Waals surface area (Å²) in [5.41, 5.74) is 4.35. The minimum atomic E-state index is 0.0187. The molecule has 0 saturated carbocycles. The predicted octanol–water partition coefficient (Wildman–Crippen LogP) is 7.83. The topological polar surface area (TPSA) is 36.3 Å². The molecule has 1 atom stereocenters. The van der Waals surface area contributed by atoms with Crippen LogP contribution < -0.4 is 9.47 Å². The summed E-state index contributed by atoms with van der Waals surface area (Å²) in [5, 5.41) is 0.704. The number of hydrogen-bond acceptors (Lipinski definition) is 4. The van der Waals surface area contributed by atoms with E-state index >= 15 is 0 Å². The highest BCUT2D eigenvalue weighted by molar-refractivity contribution is 7.99. The van der Waals surface area contributed by atoms with E-state index < -0.39 is 0 Å². The molecule has 0 radical (unpaired) electrons. The van der Waals surface area contributed by atoms with Crippen molar-refractivity contribution in [2.24, 2.45) is 0 Å². The number of rotatable bonds is 9. The van der Waals surface area contributed by atoms with E-state index in [1.54, 1.807) is 14.2 Å². The Morgan fingerprint density at radius 1 is 0.833 bits per heavy atom. The molecule has 0 aliphatic rings. The molecule has 1 heterocycles. The maximum atomic E-state index is 6.36. The third-order valence-corrected chi connectivity index (χ3v) is 7.64. The molecule has 182 valence electrons. The number of nitrogens with zero attached hydrogens (tertiary/aromatic N) is 2. The summed E-state index contributed by atoms with van der Waals surface area (Å²) < 4.78 is 13.3. The Balaban J connectivity index is 1.57. The van der Waals surface area contributed by atoms with Gasteiger partial charge in [0.1, 0.15) is 5.82 Å². The number of hydrogen-bond donors (Lipinski definition) is 0. The summed E-state index contributed by atoms with van der Waals surface area (Å²) >= 11 is 8.17. The minimum absolute atomic E-state index is 0.0187. The van der Waals surface area contributed by atoms with E-state index in [9.17, 15) is 0 Å². The second kappa shape index (κ2) is 11.1. The van der Waals surface area contributed by atoms with Crippen molar-refractivity contribution in [3.63, 3.8) is 0 Å². The van der Waals surface area contributed by atoms with E-state index in [2.05, 4.69) is 65.2 Å². The average Bonchev–Trinajstić information content (AvgIpc) is 3.28. The van der Waals surface area contributed by atoms with E-state index in [-0.39, 0.29) is 5.25 Å². The van der Waals surface area contributed by atoms with Crippen molar-refractivity contribution in [1.29, 1.82) is 0 Å². The quantitative estimate of drug-likeness (QED) is 0.188. The fraction of sp³-hybridized carbons (Fsp3) is 0.167. The van der Waals surface area contributed by atoms with Gasteiger partial charge in [0.15, 0.2) is 11.5 Å². The highest BCUT2D eigenvalue weighted by Gasteiger charge is 2.23. The molecule has 4 aromatic carbocycles. The summed E-state index contributed by atoms with van der Waals surface area (Å²) in [6.45, 7) is 0.766. The molecule has 6 heteroatoms. The maximum absolute atomic E-state index is 6.36. The minimum Gasteiger partial charge on any atom is -0.493 e. The Kier molecular flexibility index (Phi) is 7.49. The van der Waals surface area contributed by atoms with E-state index in [0.29, 0.717) is 5.02 Å². The van der Waals surface area contributed by atoms with Crippen LogP contribution in [-0.4, -0.2) is 23.8 Å². The van der Waals surface area contributed by atoms with Crippen molar-refractivity contribution in [3.05, 3.63) is 119 Å². The molecule has 0 aliphatic carbocycles. The zero-order valence-electron chi connectivity index (χ0n) is 20.2. The number of methoxy groups -OCH3 is 2. The van der Waals surface area contributed by atoms with E-state index in [1.807, 2.05) is 48.2 Å². The highest BCUT2D eigenvalue weighted by Crippen LogP contribution is 2.41. The van der Waals surface area contributed by atoms with Gasteiger partial charge in [0.2, 0.25) is 0 Å². The lowest BCUT2D eigenvalue weighted by Crippen LogP contribution is -2.10. The predicted molar refractivity (Wildman–Crippen MR) is 149 cm³/mol. The number of aromatic nitrogens is 2. The van der Waals surface area contributed by atoms with Gasteiger partial charge < -0.3 is 14.0 Å². The molecule has 0 aliphatic heterocycles. The monoisotopic (exact) mass is 514 g/mol. The first-order valence-electron chi connectivity index (χ1n) is 11.8. The maximum Gasteiger partial charge on any atom is 0.160 e. The van der Waals surface area contributed by atoms with Gasteiger partial charge >= 0.3 is 0 Å². The third-order valence-electron chi connectivity index (χ3n) is 6.15. The smallest absolute Gasteiger partial charge is 0.160 e. The summed E-state index contributed by atoms with van der Waals surface area (Å²) in [7, 11) is 3.32. The molecular weight excluding hydrogens is 488 g/mol. The van der Waals surface area contributed by atoms with Crippen molar-refractivity contribution >= 4 is 34.4 Å². The summed E-state index contributed by atoms with van der Waals surface area (Å²) in [4.78, 5) is 6.33. The van der Waals surface area contributed by atoms with Crippen molar-refractivity contribution < 1.29 is 9.47 Å². The fourth-order valence-electron chi connectivity index (χ4n) is 4.37. The Labute approximate surface area is 220 Å². The molecule has 4 nitrogen and oxygen atoms in total. The molecule has 0 N–H and O–H groups in total. The van der Waals surface area contributed by atoms with Gasteiger partial charge in [-0.05, 0) is 60.0 Å². The molecule has 0 bridgehead atoms. The first kappa shape index (κ1) is 24.3. The standard InChI is InChI=1S/C30H27ClN2O2S/c1-34-27-16-13-21(19-28(27)35-2)17-18-33-26-15-14-23(31)20-25(26)32-30(33)29(22-9-5-3-6-10-22)36-24-11-7-4-8-12-24/h3-16,19-20,29H,17-18H2,1-2H3. The van der Waals surface area contributed by atoms with Crippen LogP contribution in [0.1, 0.15) is 22.2 Å². The molecule has 0 amide bonds. The van der Waals surface area contributed by atoms with Crippen LogP contribution >= 0.6 is 23.4 Å². The van der Waals surface area contributed by atoms with Gasteiger partial charge in [0, 0.05) is 16.5 Å². The molecular formula is C30H27ClN2O2S. The van der Waals surface area contributed by atoms with Crippen LogP contribution in [-0.2, 0) is 13.0 Å². The van der Waals surface area contributed by atoms with Gasteiger partial charge in [-0.2, -0.15) is 0 Å². The van der Waals surface area contributed by atoms with Gasteiger partial charge in [0.05, 0.1) is 30.5 Å². The molecule has 1 aromatic heterocycles. The van der Waals surface area contributed by atoms with Crippen molar-refractivity contribution in [3.8, 4) is 11.5 Å². The zero-order chi connectivity index (χ0) is 24.9. The molecule has 0 saturated heterocycles. The van der Waals surface area contributed by atoms with Gasteiger partial charge in [-0.15, -0.1) is 11.8 Å². The molecule has 0 spiro atoms.